The number of likely N-dealkylation sites (tertiary alicyclic amines) is 1. The van der Waals surface area contributed by atoms with Crippen molar-refractivity contribution in [1.29, 1.82) is 0 Å². The normalized spacial score (nSPS) is 24.0. The van der Waals surface area contributed by atoms with Crippen LogP contribution in [-0.2, 0) is 20.8 Å². The highest BCUT2D eigenvalue weighted by molar-refractivity contribution is 6.16. The van der Waals surface area contributed by atoms with Gasteiger partial charge in [0.25, 0.3) is 5.91 Å². The minimum absolute atomic E-state index is 0.0378. The van der Waals surface area contributed by atoms with E-state index in [1.54, 1.807) is 18.2 Å². The molecular formula is C32H32N2O8. The molecule has 0 bridgehead atoms. The number of nitrogens with zero attached hydrogens (tertiary/aromatic N) is 1. The molecule has 42 heavy (non-hydrogen) atoms. The molecule has 1 amide bonds. The van der Waals surface area contributed by atoms with E-state index in [0.29, 0.717) is 18.7 Å². The van der Waals surface area contributed by atoms with Gasteiger partial charge in [-0.05, 0) is 60.8 Å². The fraction of sp³-hybridized carbons (Fsp3) is 0.344. The molecule has 3 N–H and O–H groups in total. The summed E-state index contributed by atoms with van der Waals surface area (Å²) in [5, 5.41) is 22.1. The first-order valence-electron chi connectivity index (χ1n) is 14.1. The lowest BCUT2D eigenvalue weighted by Crippen LogP contribution is -2.42. The van der Waals surface area contributed by atoms with Gasteiger partial charge in [-0.15, -0.1) is 0 Å². The van der Waals surface area contributed by atoms with Gasteiger partial charge in [-0.25, -0.2) is 9.59 Å². The van der Waals surface area contributed by atoms with Crippen LogP contribution in [0.2, 0.25) is 0 Å². The number of fused-ring (bicyclic) bond motifs is 1. The highest BCUT2D eigenvalue weighted by Gasteiger charge is 2.35. The second-order valence-corrected chi connectivity index (χ2v) is 10.8. The van der Waals surface area contributed by atoms with Gasteiger partial charge in [-0.1, -0.05) is 36.4 Å². The lowest BCUT2D eigenvalue weighted by atomic mass is 9.99. The van der Waals surface area contributed by atoms with Crippen LogP contribution in [0, 0.1) is 0 Å². The van der Waals surface area contributed by atoms with Crippen LogP contribution in [0.4, 0.5) is 5.69 Å². The summed E-state index contributed by atoms with van der Waals surface area (Å²) in [5.41, 5.74) is 3.44. The average molecular weight is 573 g/mol. The molecule has 10 heteroatoms. The van der Waals surface area contributed by atoms with Crippen molar-refractivity contribution in [2.45, 2.75) is 50.4 Å². The molecule has 1 unspecified atom stereocenters. The number of aliphatic hydroxyl groups excluding tert-OH is 2. The van der Waals surface area contributed by atoms with E-state index >= 15 is 0 Å². The van der Waals surface area contributed by atoms with Crippen molar-refractivity contribution in [3.63, 3.8) is 0 Å². The molecule has 3 heterocycles. The average Bonchev–Trinajstić information content (AvgIpc) is 3.59. The molecule has 4 atom stereocenters. The number of hydrogen-bond acceptors (Lipinski definition) is 9. The highest BCUT2D eigenvalue weighted by Crippen LogP contribution is 2.39. The first-order chi connectivity index (χ1) is 20.4. The topological polar surface area (TPSA) is 135 Å². The Labute approximate surface area is 242 Å². The van der Waals surface area contributed by atoms with Crippen molar-refractivity contribution in [2.75, 3.05) is 25.0 Å². The van der Waals surface area contributed by atoms with Gasteiger partial charge >= 0.3 is 11.9 Å². The van der Waals surface area contributed by atoms with Crippen LogP contribution in [0.3, 0.4) is 0 Å². The van der Waals surface area contributed by atoms with E-state index in [4.69, 9.17) is 9.47 Å². The number of carbonyl (C=O) groups is 3. The largest absolute Gasteiger partial charge is 0.395 e. The standard InChI is InChI=1S/C32H32N2O8/c35-17-19-6-8-20(9-7-19)28-15-25(16-34-12-2-5-24(34)18-36)40-32(41-28)22-3-1-4-23(13-22)33-29(37)21-10-11-26-27(14-21)31(39)42-30(26)38/h1,3-4,6-11,13-14,24-25,28,32,35-36H,2,5,12,15-18H2,(H,33,37)/t24-,25-,28+,32?/m0/s1. The highest BCUT2D eigenvalue weighted by atomic mass is 16.7. The van der Waals surface area contributed by atoms with Crippen LogP contribution in [-0.4, -0.2) is 64.8 Å². The van der Waals surface area contributed by atoms with E-state index in [1.807, 2.05) is 30.3 Å². The van der Waals surface area contributed by atoms with Crippen LogP contribution in [0.25, 0.3) is 0 Å². The SMILES string of the molecule is O=C(Nc1cccc(C2O[C@H](CN3CCC[C@H]3CO)C[C@H](c3ccc(CO)cc3)O2)c1)c1ccc2c(c1)C(=O)OC2=O. The number of anilines is 1. The molecule has 3 aliphatic rings. The zero-order valence-corrected chi connectivity index (χ0v) is 22.9. The summed E-state index contributed by atoms with van der Waals surface area (Å²) in [4.78, 5) is 39.0. The van der Waals surface area contributed by atoms with Gasteiger partial charge < -0.3 is 29.7 Å². The molecule has 10 nitrogen and oxygen atoms in total. The summed E-state index contributed by atoms with van der Waals surface area (Å²) in [5.74, 6) is -1.94. The van der Waals surface area contributed by atoms with Crippen LogP contribution in [0.1, 0.15) is 79.4 Å². The maximum Gasteiger partial charge on any atom is 0.346 e. The Bertz CT molecular complexity index is 1490. The number of ether oxygens (including phenoxy) is 3. The van der Waals surface area contributed by atoms with Gasteiger partial charge in [0.1, 0.15) is 0 Å². The Morgan fingerprint density at radius 1 is 0.929 bits per heavy atom. The molecule has 6 rings (SSSR count). The minimum Gasteiger partial charge on any atom is -0.395 e. The number of esters is 2. The van der Waals surface area contributed by atoms with Gasteiger partial charge in [0, 0.05) is 35.8 Å². The maximum absolute atomic E-state index is 13.0. The number of rotatable bonds is 8. The van der Waals surface area contributed by atoms with E-state index < -0.39 is 24.1 Å². The number of benzene rings is 3. The molecule has 3 aromatic rings. The van der Waals surface area contributed by atoms with Crippen molar-refractivity contribution >= 4 is 23.5 Å². The fourth-order valence-electron chi connectivity index (χ4n) is 5.83. The number of cyclic esters (lactones) is 2. The van der Waals surface area contributed by atoms with Gasteiger partial charge in [-0.2, -0.15) is 0 Å². The number of nitrogens with one attached hydrogen (secondary N) is 1. The molecule has 0 aromatic heterocycles. The summed E-state index contributed by atoms with van der Waals surface area (Å²) in [6.07, 6.45) is 1.49. The predicted molar refractivity (Wildman–Crippen MR) is 151 cm³/mol. The molecule has 0 radical (unpaired) electrons. The van der Waals surface area contributed by atoms with E-state index in [1.165, 1.54) is 18.2 Å². The molecular weight excluding hydrogens is 540 g/mol. The summed E-state index contributed by atoms with van der Waals surface area (Å²) in [7, 11) is 0. The molecule has 218 valence electrons. The third kappa shape index (κ3) is 5.85. The molecule has 0 saturated carbocycles. The summed E-state index contributed by atoms with van der Waals surface area (Å²) < 4.78 is 17.5. The number of hydrogen-bond donors (Lipinski definition) is 3. The molecule has 0 aliphatic carbocycles. The summed E-state index contributed by atoms with van der Waals surface area (Å²) in [6.45, 7) is 1.64. The van der Waals surface area contributed by atoms with Crippen LogP contribution in [0.5, 0.6) is 0 Å². The van der Waals surface area contributed by atoms with E-state index in [0.717, 1.165) is 36.1 Å². The Morgan fingerprint density at radius 3 is 2.52 bits per heavy atom. The van der Waals surface area contributed by atoms with E-state index in [9.17, 15) is 24.6 Å². The predicted octanol–water partition coefficient (Wildman–Crippen LogP) is 3.74. The van der Waals surface area contributed by atoms with Gasteiger partial charge in [0.15, 0.2) is 6.29 Å². The van der Waals surface area contributed by atoms with Gasteiger partial charge in [0.2, 0.25) is 0 Å². The molecule has 2 fully saturated rings. The van der Waals surface area contributed by atoms with Crippen molar-refractivity contribution in [2.24, 2.45) is 0 Å². The van der Waals surface area contributed by atoms with Crippen LogP contribution in [0.15, 0.2) is 66.7 Å². The lowest BCUT2D eigenvalue weighted by molar-refractivity contribution is -0.253. The maximum atomic E-state index is 13.0. The zero-order valence-electron chi connectivity index (χ0n) is 22.9. The molecule has 3 aliphatic heterocycles. The fourth-order valence-corrected chi connectivity index (χ4v) is 5.83. The molecule has 2 saturated heterocycles. The monoisotopic (exact) mass is 572 g/mol. The van der Waals surface area contributed by atoms with Crippen molar-refractivity contribution in [1.82, 2.24) is 4.90 Å². The van der Waals surface area contributed by atoms with E-state index in [-0.39, 0.29) is 48.2 Å². The quantitative estimate of drug-likeness (QED) is 0.273. The van der Waals surface area contributed by atoms with Gasteiger partial charge in [-0.3, -0.25) is 9.69 Å². The Hall–Kier alpha value is -3.93. The Kier molecular flexibility index (Phi) is 8.14. The zero-order chi connectivity index (χ0) is 29.2. The Morgan fingerprint density at radius 2 is 1.74 bits per heavy atom. The Balaban J connectivity index is 1.21. The second-order valence-electron chi connectivity index (χ2n) is 10.8. The summed E-state index contributed by atoms with van der Waals surface area (Å²) >= 11 is 0. The van der Waals surface area contributed by atoms with Gasteiger partial charge in [0.05, 0.1) is 36.5 Å². The van der Waals surface area contributed by atoms with Crippen molar-refractivity contribution < 1.29 is 38.8 Å². The van der Waals surface area contributed by atoms with Crippen LogP contribution >= 0.6 is 0 Å². The summed E-state index contributed by atoms with van der Waals surface area (Å²) in [6, 6.07) is 19.2. The number of aliphatic hydroxyl groups is 2. The minimum atomic E-state index is -0.771. The van der Waals surface area contributed by atoms with E-state index in [2.05, 4.69) is 15.0 Å². The van der Waals surface area contributed by atoms with Crippen LogP contribution < -0.4 is 5.32 Å². The lowest BCUT2D eigenvalue weighted by Gasteiger charge is -2.38. The molecule has 3 aromatic carbocycles. The van der Waals surface area contributed by atoms with Crippen molar-refractivity contribution in [3.8, 4) is 0 Å². The smallest absolute Gasteiger partial charge is 0.346 e. The third-order valence-corrected chi connectivity index (χ3v) is 8.09. The molecule has 0 spiro atoms. The first-order valence-corrected chi connectivity index (χ1v) is 14.1. The van der Waals surface area contributed by atoms with Crippen molar-refractivity contribution in [3.05, 3.63) is 100 Å². The third-order valence-electron chi connectivity index (χ3n) is 8.09. The number of amides is 1. The second kappa shape index (κ2) is 12.1. The number of carbonyl (C=O) groups excluding carboxylic acids is 3. The first kappa shape index (κ1) is 28.2.